The number of aromatic amines is 1. The molecule has 1 aromatic heterocycles. The number of rotatable bonds is 2. The molecule has 0 spiro atoms. The summed E-state index contributed by atoms with van der Waals surface area (Å²) in [5.74, 6) is 0.394. The summed E-state index contributed by atoms with van der Waals surface area (Å²) in [6, 6.07) is 7.29. The first kappa shape index (κ1) is 10.8. The average molecular weight is 262 g/mol. The number of H-pyrrole nitrogens is 1. The van der Waals surface area contributed by atoms with E-state index in [9.17, 15) is 0 Å². The lowest BCUT2D eigenvalue weighted by Gasteiger charge is -2.01. The first-order valence-corrected chi connectivity index (χ1v) is 5.56. The van der Waals surface area contributed by atoms with Gasteiger partial charge in [0.2, 0.25) is 0 Å². The summed E-state index contributed by atoms with van der Waals surface area (Å²) in [5, 5.41) is 7.95. The molecule has 1 heterocycles. The zero-order valence-corrected chi connectivity index (χ0v) is 9.87. The molecule has 2 nitrogen and oxygen atoms in total. The van der Waals surface area contributed by atoms with Gasteiger partial charge < -0.3 is 0 Å². The molecule has 0 unspecified atom stereocenters. The maximum atomic E-state index is 6.06. The molecule has 5 heteroatoms. The van der Waals surface area contributed by atoms with Crippen molar-refractivity contribution >= 4 is 34.8 Å². The Bertz CT molecular complexity index is 479. The highest BCUT2D eigenvalue weighted by Gasteiger charge is 2.09. The Balaban J connectivity index is 2.49. The number of hydrogen-bond donors (Lipinski definition) is 1. The fourth-order valence-electron chi connectivity index (χ4n) is 1.27. The summed E-state index contributed by atoms with van der Waals surface area (Å²) in [4.78, 5) is 0. The predicted molar refractivity (Wildman–Crippen MR) is 63.6 cm³/mol. The van der Waals surface area contributed by atoms with Crippen LogP contribution in [0.4, 0.5) is 0 Å². The van der Waals surface area contributed by atoms with E-state index in [1.807, 2.05) is 18.2 Å². The molecule has 0 aliphatic rings. The van der Waals surface area contributed by atoms with Gasteiger partial charge in [-0.1, -0.05) is 35.3 Å². The van der Waals surface area contributed by atoms with Crippen molar-refractivity contribution in [2.45, 2.75) is 5.88 Å². The van der Waals surface area contributed by atoms with Crippen molar-refractivity contribution in [3.63, 3.8) is 0 Å². The molecule has 0 aliphatic heterocycles. The van der Waals surface area contributed by atoms with Gasteiger partial charge in [0.1, 0.15) is 0 Å². The van der Waals surface area contributed by atoms with E-state index >= 15 is 0 Å². The number of benzene rings is 1. The Labute approximate surface area is 102 Å². The highest BCUT2D eigenvalue weighted by atomic mass is 35.5. The van der Waals surface area contributed by atoms with Gasteiger partial charge in [0.25, 0.3) is 0 Å². The van der Waals surface area contributed by atoms with Crippen molar-refractivity contribution in [3.8, 4) is 11.3 Å². The highest BCUT2D eigenvalue weighted by molar-refractivity contribution is 6.43. The van der Waals surface area contributed by atoms with Crippen molar-refractivity contribution < 1.29 is 0 Å². The van der Waals surface area contributed by atoms with E-state index in [4.69, 9.17) is 34.8 Å². The second kappa shape index (κ2) is 4.44. The third kappa shape index (κ3) is 2.12. The number of alkyl halides is 1. The van der Waals surface area contributed by atoms with Crippen LogP contribution in [0.15, 0.2) is 24.3 Å². The van der Waals surface area contributed by atoms with Gasteiger partial charge in [-0.3, -0.25) is 5.10 Å². The van der Waals surface area contributed by atoms with Crippen LogP contribution in [0.3, 0.4) is 0 Å². The van der Waals surface area contributed by atoms with E-state index in [0.29, 0.717) is 15.9 Å². The van der Waals surface area contributed by atoms with Crippen LogP contribution in [-0.4, -0.2) is 10.2 Å². The molecule has 0 fully saturated rings. The molecule has 0 amide bonds. The van der Waals surface area contributed by atoms with Crippen molar-refractivity contribution in [2.75, 3.05) is 0 Å². The second-order valence-corrected chi connectivity index (χ2v) is 4.07. The fourth-order valence-corrected chi connectivity index (χ4v) is 1.80. The smallest absolute Gasteiger partial charge is 0.0939 e. The highest BCUT2D eigenvalue weighted by Crippen LogP contribution is 2.32. The van der Waals surface area contributed by atoms with E-state index in [2.05, 4.69) is 10.2 Å². The molecule has 0 atom stereocenters. The van der Waals surface area contributed by atoms with Gasteiger partial charge in [-0.05, 0) is 12.1 Å². The molecule has 1 N–H and O–H groups in total. The standard InChI is InChI=1S/C10H7Cl3N2/c11-5-6-4-9(15-14-6)7-2-1-3-8(12)10(7)13/h1-4H,5H2,(H,14,15). The molecule has 15 heavy (non-hydrogen) atoms. The topological polar surface area (TPSA) is 28.7 Å². The summed E-state index contributed by atoms with van der Waals surface area (Å²) in [5.41, 5.74) is 2.40. The third-order valence-corrected chi connectivity index (χ3v) is 3.11. The third-order valence-electron chi connectivity index (χ3n) is 2.00. The lowest BCUT2D eigenvalue weighted by atomic mass is 10.1. The Morgan fingerprint density at radius 2 is 2.07 bits per heavy atom. The first-order chi connectivity index (χ1) is 7.22. The first-order valence-electron chi connectivity index (χ1n) is 4.27. The van der Waals surface area contributed by atoms with Crippen LogP contribution in [-0.2, 0) is 5.88 Å². The van der Waals surface area contributed by atoms with Crippen LogP contribution in [0.1, 0.15) is 5.69 Å². The molecule has 78 valence electrons. The summed E-state index contributed by atoms with van der Waals surface area (Å²) in [7, 11) is 0. The molecule has 0 radical (unpaired) electrons. The molecule has 1 aromatic carbocycles. The number of halogens is 3. The Morgan fingerprint density at radius 3 is 2.73 bits per heavy atom. The fraction of sp³-hybridized carbons (Fsp3) is 0.100. The molecule has 0 aliphatic carbocycles. The zero-order valence-electron chi connectivity index (χ0n) is 7.60. The lowest BCUT2D eigenvalue weighted by molar-refractivity contribution is 1.04. The molecule has 0 saturated carbocycles. The van der Waals surface area contributed by atoms with Gasteiger partial charge >= 0.3 is 0 Å². The van der Waals surface area contributed by atoms with Crippen LogP contribution in [0.5, 0.6) is 0 Å². The number of hydrogen-bond acceptors (Lipinski definition) is 1. The molecule has 0 bridgehead atoms. The van der Waals surface area contributed by atoms with Gasteiger partial charge in [0, 0.05) is 5.56 Å². The zero-order chi connectivity index (χ0) is 10.8. The molecule has 2 aromatic rings. The molecular weight excluding hydrogens is 254 g/mol. The van der Waals surface area contributed by atoms with E-state index in [-0.39, 0.29) is 0 Å². The maximum Gasteiger partial charge on any atom is 0.0939 e. The average Bonchev–Trinajstić information content (AvgIpc) is 2.70. The van der Waals surface area contributed by atoms with Crippen molar-refractivity contribution in [3.05, 3.63) is 40.0 Å². The van der Waals surface area contributed by atoms with Crippen LogP contribution in [0.2, 0.25) is 10.0 Å². The van der Waals surface area contributed by atoms with Crippen molar-refractivity contribution in [1.29, 1.82) is 0 Å². The van der Waals surface area contributed by atoms with Crippen molar-refractivity contribution in [2.24, 2.45) is 0 Å². The van der Waals surface area contributed by atoms with E-state index in [0.717, 1.165) is 17.0 Å². The Hall–Kier alpha value is -0.700. The Morgan fingerprint density at radius 1 is 1.27 bits per heavy atom. The summed E-state index contributed by atoms with van der Waals surface area (Å²) >= 11 is 17.6. The minimum absolute atomic E-state index is 0.394. The van der Waals surface area contributed by atoms with E-state index < -0.39 is 0 Å². The SMILES string of the molecule is ClCc1cc(-c2cccc(Cl)c2Cl)n[nH]1. The van der Waals surface area contributed by atoms with Crippen LogP contribution in [0.25, 0.3) is 11.3 Å². The van der Waals surface area contributed by atoms with Gasteiger partial charge in [-0.15, -0.1) is 11.6 Å². The van der Waals surface area contributed by atoms with Gasteiger partial charge in [-0.25, -0.2) is 0 Å². The van der Waals surface area contributed by atoms with Crippen LogP contribution < -0.4 is 0 Å². The van der Waals surface area contributed by atoms with Gasteiger partial charge in [0.15, 0.2) is 0 Å². The van der Waals surface area contributed by atoms with Gasteiger partial charge in [-0.2, -0.15) is 5.10 Å². The lowest BCUT2D eigenvalue weighted by Crippen LogP contribution is -1.80. The van der Waals surface area contributed by atoms with E-state index in [1.165, 1.54) is 0 Å². The quantitative estimate of drug-likeness (QED) is 0.809. The molecule has 0 saturated heterocycles. The minimum Gasteiger partial charge on any atom is -0.281 e. The maximum absolute atomic E-state index is 6.06. The van der Waals surface area contributed by atoms with Crippen LogP contribution in [0, 0.1) is 0 Å². The van der Waals surface area contributed by atoms with E-state index in [1.54, 1.807) is 6.07 Å². The number of nitrogens with zero attached hydrogens (tertiary/aromatic N) is 1. The summed E-state index contributed by atoms with van der Waals surface area (Å²) in [6.07, 6.45) is 0. The largest absolute Gasteiger partial charge is 0.281 e. The summed E-state index contributed by atoms with van der Waals surface area (Å²) < 4.78 is 0. The number of aromatic nitrogens is 2. The van der Waals surface area contributed by atoms with Gasteiger partial charge in [0.05, 0.1) is 27.3 Å². The Kier molecular flexibility index (Phi) is 3.19. The summed E-state index contributed by atoms with van der Waals surface area (Å²) in [6.45, 7) is 0. The molecular formula is C10H7Cl3N2. The van der Waals surface area contributed by atoms with Crippen molar-refractivity contribution in [1.82, 2.24) is 10.2 Å². The minimum atomic E-state index is 0.394. The predicted octanol–water partition coefficient (Wildman–Crippen LogP) is 4.12. The van der Waals surface area contributed by atoms with Crippen LogP contribution >= 0.6 is 34.8 Å². The molecule has 2 rings (SSSR count). The second-order valence-electron chi connectivity index (χ2n) is 3.01. The number of nitrogens with one attached hydrogen (secondary N) is 1. The normalized spacial score (nSPS) is 10.6. The monoisotopic (exact) mass is 260 g/mol.